The molecule has 2 rings (SSSR count). The third-order valence-corrected chi connectivity index (χ3v) is 2.88. The van der Waals surface area contributed by atoms with Gasteiger partial charge < -0.3 is 15.9 Å². The highest BCUT2D eigenvalue weighted by molar-refractivity contribution is 5.51. The molecule has 1 aliphatic rings. The van der Waals surface area contributed by atoms with E-state index in [2.05, 4.69) is 4.98 Å². The van der Waals surface area contributed by atoms with Crippen molar-refractivity contribution in [2.75, 3.05) is 5.73 Å². The van der Waals surface area contributed by atoms with Gasteiger partial charge in [0.1, 0.15) is 0 Å². The van der Waals surface area contributed by atoms with E-state index in [0.717, 1.165) is 31.2 Å². The first-order valence-electron chi connectivity index (χ1n) is 5.29. The largest absolute Gasteiger partial charge is 0.398 e. The normalized spacial score (nSPS) is 20.8. The molecule has 4 nitrogen and oxygen atoms in total. The van der Waals surface area contributed by atoms with Crippen molar-refractivity contribution in [3.05, 3.63) is 23.0 Å². The van der Waals surface area contributed by atoms with Gasteiger partial charge in [0.2, 0.25) is 0 Å². The number of aliphatic hydroxyl groups is 2. The number of fused-ring (bicyclic) bond motifs is 1. The Morgan fingerprint density at radius 1 is 1.47 bits per heavy atom. The number of hydrogen-bond donors (Lipinski definition) is 3. The second-order valence-corrected chi connectivity index (χ2v) is 3.99. The predicted molar refractivity (Wildman–Crippen MR) is 57.1 cm³/mol. The fourth-order valence-corrected chi connectivity index (χ4v) is 2.07. The molecule has 0 spiro atoms. The van der Waals surface area contributed by atoms with Gasteiger partial charge in [0.05, 0.1) is 24.1 Å². The Bertz CT molecular complexity index is 366. The first-order valence-corrected chi connectivity index (χ1v) is 5.29. The summed E-state index contributed by atoms with van der Waals surface area (Å²) in [5.74, 6) is 0. The molecule has 1 atom stereocenters. The highest BCUT2D eigenvalue weighted by Crippen LogP contribution is 2.30. The van der Waals surface area contributed by atoms with Crippen LogP contribution in [0.5, 0.6) is 0 Å². The monoisotopic (exact) mass is 208 g/mol. The minimum absolute atomic E-state index is 0.135. The Labute approximate surface area is 88.8 Å². The van der Waals surface area contributed by atoms with E-state index >= 15 is 0 Å². The van der Waals surface area contributed by atoms with Gasteiger partial charge in [0.15, 0.2) is 0 Å². The van der Waals surface area contributed by atoms with Gasteiger partial charge in [-0.05, 0) is 30.9 Å². The fraction of sp³-hybridized carbons (Fsp3) is 0.545. The summed E-state index contributed by atoms with van der Waals surface area (Å²) in [7, 11) is 0. The van der Waals surface area contributed by atoms with Crippen LogP contribution in [-0.4, -0.2) is 15.2 Å². The topological polar surface area (TPSA) is 79.4 Å². The van der Waals surface area contributed by atoms with E-state index in [-0.39, 0.29) is 6.61 Å². The Hall–Kier alpha value is -1.13. The molecule has 0 aliphatic heterocycles. The molecule has 1 aromatic heterocycles. The average Bonchev–Trinajstić information content (AvgIpc) is 2.41. The minimum atomic E-state index is -0.531. The average molecular weight is 208 g/mol. The Balaban J connectivity index is 2.50. The molecule has 1 aliphatic carbocycles. The van der Waals surface area contributed by atoms with E-state index in [0.29, 0.717) is 17.1 Å². The van der Waals surface area contributed by atoms with Crippen molar-refractivity contribution >= 4 is 5.69 Å². The van der Waals surface area contributed by atoms with E-state index in [1.807, 2.05) is 0 Å². The van der Waals surface area contributed by atoms with Crippen molar-refractivity contribution in [3.63, 3.8) is 0 Å². The summed E-state index contributed by atoms with van der Waals surface area (Å²) < 4.78 is 0. The third kappa shape index (κ3) is 1.96. The smallest absolute Gasteiger partial charge is 0.0963 e. The molecule has 0 radical (unpaired) electrons. The van der Waals surface area contributed by atoms with Crippen molar-refractivity contribution in [1.29, 1.82) is 0 Å². The SMILES string of the molecule is Nc1cc(CO)nc2c1CCCCC2O. The van der Waals surface area contributed by atoms with Crippen LogP contribution in [0, 0.1) is 0 Å². The lowest BCUT2D eigenvalue weighted by Gasteiger charge is -2.13. The van der Waals surface area contributed by atoms with E-state index < -0.39 is 6.10 Å². The zero-order chi connectivity index (χ0) is 10.8. The van der Waals surface area contributed by atoms with Crippen LogP contribution in [0.3, 0.4) is 0 Å². The molecule has 0 saturated carbocycles. The molecular formula is C11H16N2O2. The van der Waals surface area contributed by atoms with Crippen LogP contribution in [-0.2, 0) is 13.0 Å². The van der Waals surface area contributed by atoms with Gasteiger partial charge in [-0.2, -0.15) is 0 Å². The lowest BCUT2D eigenvalue weighted by atomic mass is 10.0. The van der Waals surface area contributed by atoms with Crippen LogP contribution in [0.15, 0.2) is 6.07 Å². The maximum atomic E-state index is 9.89. The fourth-order valence-electron chi connectivity index (χ4n) is 2.07. The van der Waals surface area contributed by atoms with Crippen LogP contribution in [0.1, 0.15) is 42.3 Å². The molecule has 0 saturated heterocycles. The van der Waals surface area contributed by atoms with Gasteiger partial charge in [-0.1, -0.05) is 6.42 Å². The van der Waals surface area contributed by atoms with Crippen molar-refractivity contribution < 1.29 is 10.2 Å². The van der Waals surface area contributed by atoms with Gasteiger partial charge in [-0.3, -0.25) is 4.98 Å². The Morgan fingerprint density at radius 3 is 3.00 bits per heavy atom. The minimum Gasteiger partial charge on any atom is -0.398 e. The van der Waals surface area contributed by atoms with Gasteiger partial charge in [-0.25, -0.2) is 0 Å². The maximum Gasteiger partial charge on any atom is 0.0963 e. The number of nitrogen functional groups attached to an aromatic ring is 1. The van der Waals surface area contributed by atoms with E-state index in [9.17, 15) is 5.11 Å². The van der Waals surface area contributed by atoms with Gasteiger partial charge in [0, 0.05) is 5.69 Å². The molecule has 0 fully saturated rings. The summed E-state index contributed by atoms with van der Waals surface area (Å²) in [4.78, 5) is 4.25. The first kappa shape index (κ1) is 10.4. The zero-order valence-electron chi connectivity index (χ0n) is 8.61. The molecule has 0 bridgehead atoms. The van der Waals surface area contributed by atoms with Crippen LogP contribution in [0.2, 0.25) is 0 Å². The molecule has 4 N–H and O–H groups in total. The zero-order valence-corrected chi connectivity index (χ0v) is 8.61. The maximum absolute atomic E-state index is 9.89. The highest BCUT2D eigenvalue weighted by Gasteiger charge is 2.20. The Morgan fingerprint density at radius 2 is 2.27 bits per heavy atom. The second-order valence-electron chi connectivity index (χ2n) is 3.99. The molecular weight excluding hydrogens is 192 g/mol. The molecule has 4 heteroatoms. The number of hydrogen-bond acceptors (Lipinski definition) is 4. The van der Waals surface area contributed by atoms with Crippen molar-refractivity contribution in [1.82, 2.24) is 4.98 Å². The lowest BCUT2D eigenvalue weighted by Crippen LogP contribution is -2.08. The van der Waals surface area contributed by atoms with Crippen molar-refractivity contribution in [2.24, 2.45) is 0 Å². The van der Waals surface area contributed by atoms with Crippen LogP contribution >= 0.6 is 0 Å². The van der Waals surface area contributed by atoms with Gasteiger partial charge in [-0.15, -0.1) is 0 Å². The molecule has 82 valence electrons. The summed E-state index contributed by atoms with van der Waals surface area (Å²) in [6.07, 6.45) is 3.10. The summed E-state index contributed by atoms with van der Waals surface area (Å²) in [6.45, 7) is -0.135. The van der Waals surface area contributed by atoms with Gasteiger partial charge >= 0.3 is 0 Å². The summed E-state index contributed by atoms with van der Waals surface area (Å²) in [5.41, 5.74) is 8.68. The molecule has 15 heavy (non-hydrogen) atoms. The number of nitrogens with zero attached hydrogens (tertiary/aromatic N) is 1. The number of anilines is 1. The van der Waals surface area contributed by atoms with E-state index in [1.54, 1.807) is 6.07 Å². The lowest BCUT2D eigenvalue weighted by molar-refractivity contribution is 0.161. The van der Waals surface area contributed by atoms with E-state index in [1.165, 1.54) is 0 Å². The first-order chi connectivity index (χ1) is 7.22. The highest BCUT2D eigenvalue weighted by atomic mass is 16.3. The standard InChI is InChI=1S/C11H16N2O2/c12-9-5-7(6-14)13-11-8(9)3-1-2-4-10(11)15/h5,10,14-15H,1-4,6H2,(H2,12,13). The number of rotatable bonds is 1. The van der Waals surface area contributed by atoms with E-state index in [4.69, 9.17) is 10.8 Å². The number of aromatic nitrogens is 1. The second kappa shape index (κ2) is 4.16. The van der Waals surface area contributed by atoms with Crippen LogP contribution < -0.4 is 5.73 Å². The third-order valence-electron chi connectivity index (χ3n) is 2.88. The predicted octanol–water partition coefficient (Wildman–Crippen LogP) is 0.916. The summed E-state index contributed by atoms with van der Waals surface area (Å²) in [5, 5.41) is 18.9. The quantitative estimate of drug-likeness (QED) is 0.599. The number of nitrogens with two attached hydrogens (primary N) is 1. The molecule has 1 unspecified atom stereocenters. The van der Waals surface area contributed by atoms with Crippen LogP contribution in [0.4, 0.5) is 5.69 Å². The number of pyridine rings is 1. The van der Waals surface area contributed by atoms with Crippen molar-refractivity contribution in [3.8, 4) is 0 Å². The molecule has 0 aromatic carbocycles. The van der Waals surface area contributed by atoms with Gasteiger partial charge in [0.25, 0.3) is 0 Å². The summed E-state index contributed by atoms with van der Waals surface area (Å²) >= 11 is 0. The molecule has 1 aromatic rings. The Kier molecular flexibility index (Phi) is 2.88. The van der Waals surface area contributed by atoms with Crippen LogP contribution in [0.25, 0.3) is 0 Å². The molecule has 0 amide bonds. The molecule has 1 heterocycles. The van der Waals surface area contributed by atoms with Crippen molar-refractivity contribution in [2.45, 2.75) is 38.4 Å². The summed E-state index contributed by atoms with van der Waals surface area (Å²) in [6, 6.07) is 1.69. The number of aliphatic hydroxyl groups excluding tert-OH is 2.